The Morgan fingerprint density at radius 2 is 2.18 bits per heavy atom. The van der Waals surface area contributed by atoms with E-state index in [1.165, 1.54) is 12.8 Å². The Kier molecular flexibility index (Phi) is 3.97. The predicted octanol–water partition coefficient (Wildman–Crippen LogP) is 2.44. The second-order valence-corrected chi connectivity index (χ2v) is 5.02. The summed E-state index contributed by atoms with van der Waals surface area (Å²) in [6, 6.07) is 2.27. The summed E-state index contributed by atoms with van der Waals surface area (Å²) in [5, 5.41) is 0.732. The van der Waals surface area contributed by atoms with Crippen LogP contribution in [0.3, 0.4) is 0 Å². The molecule has 0 aromatic carbocycles. The number of halogens is 2. The molecule has 0 amide bonds. The first-order valence-electron chi connectivity index (χ1n) is 5.52. The number of hydrogen-bond acceptors (Lipinski definition) is 4. The van der Waals surface area contributed by atoms with E-state index in [0.29, 0.717) is 22.5 Å². The highest BCUT2D eigenvalue weighted by Crippen LogP contribution is 2.29. The lowest BCUT2D eigenvalue weighted by atomic mass is 10.4. The van der Waals surface area contributed by atoms with E-state index in [-0.39, 0.29) is 5.82 Å². The summed E-state index contributed by atoms with van der Waals surface area (Å²) in [5.41, 5.74) is 5.59. The second-order valence-electron chi connectivity index (χ2n) is 4.20. The first-order valence-corrected chi connectivity index (χ1v) is 6.28. The molecule has 1 saturated carbocycles. The molecule has 6 heteroatoms. The fourth-order valence-electron chi connectivity index (χ4n) is 1.55. The Morgan fingerprint density at radius 1 is 1.47 bits per heavy atom. The zero-order valence-corrected chi connectivity index (χ0v) is 11.1. The van der Waals surface area contributed by atoms with E-state index < -0.39 is 0 Å². The summed E-state index contributed by atoms with van der Waals surface area (Å²) in [6.45, 7) is 1.39. The summed E-state index contributed by atoms with van der Waals surface area (Å²) < 4.78 is 5.50. The second kappa shape index (κ2) is 5.29. The molecule has 1 aromatic heterocycles. The molecule has 1 fully saturated rings. The number of likely N-dealkylation sites (N-methyl/N-ethyl adjacent to an activating group) is 1. The maximum absolute atomic E-state index is 5.95. The predicted molar refractivity (Wildman–Crippen MR) is 69.8 cm³/mol. The molecule has 4 nitrogen and oxygen atoms in total. The quantitative estimate of drug-likeness (QED) is 0.897. The Morgan fingerprint density at radius 3 is 2.82 bits per heavy atom. The molecule has 0 bridgehead atoms. The van der Waals surface area contributed by atoms with Gasteiger partial charge in [0.15, 0.2) is 0 Å². The van der Waals surface area contributed by atoms with Crippen LogP contribution in [0.25, 0.3) is 0 Å². The minimum Gasteiger partial charge on any atom is -0.475 e. The number of rotatable bonds is 5. The lowest BCUT2D eigenvalue weighted by Gasteiger charge is -2.16. The third-order valence-electron chi connectivity index (χ3n) is 2.78. The van der Waals surface area contributed by atoms with Gasteiger partial charge in [-0.25, -0.2) is 0 Å². The highest BCUT2D eigenvalue weighted by atomic mass is 35.5. The SMILES string of the molecule is CN(CCOc1nc(N)c(Cl)cc1Cl)C1CC1. The van der Waals surface area contributed by atoms with E-state index in [2.05, 4.69) is 16.9 Å². The van der Waals surface area contributed by atoms with Gasteiger partial charge in [-0.15, -0.1) is 0 Å². The van der Waals surface area contributed by atoms with Crippen molar-refractivity contribution in [3.05, 3.63) is 16.1 Å². The molecule has 1 aromatic rings. The van der Waals surface area contributed by atoms with Crippen LogP contribution < -0.4 is 10.5 Å². The van der Waals surface area contributed by atoms with E-state index in [9.17, 15) is 0 Å². The third kappa shape index (κ3) is 3.37. The number of hydrogen-bond donors (Lipinski definition) is 1. The van der Waals surface area contributed by atoms with Gasteiger partial charge in [-0.05, 0) is 26.0 Å². The Bertz CT molecular complexity index is 410. The smallest absolute Gasteiger partial charge is 0.234 e. The summed E-state index contributed by atoms with van der Waals surface area (Å²) in [6.07, 6.45) is 2.56. The minimum absolute atomic E-state index is 0.238. The van der Waals surface area contributed by atoms with Gasteiger partial charge < -0.3 is 15.4 Å². The van der Waals surface area contributed by atoms with Crippen molar-refractivity contribution in [1.82, 2.24) is 9.88 Å². The molecule has 94 valence electrons. The first kappa shape index (κ1) is 12.7. The van der Waals surface area contributed by atoms with E-state index >= 15 is 0 Å². The van der Waals surface area contributed by atoms with Crippen molar-refractivity contribution in [3.63, 3.8) is 0 Å². The largest absolute Gasteiger partial charge is 0.475 e. The number of nitrogens with two attached hydrogens (primary N) is 1. The molecule has 17 heavy (non-hydrogen) atoms. The van der Waals surface area contributed by atoms with Gasteiger partial charge in [0.25, 0.3) is 0 Å². The molecule has 2 rings (SSSR count). The number of nitrogen functional groups attached to an aromatic ring is 1. The lowest BCUT2D eigenvalue weighted by Crippen LogP contribution is -2.26. The Hall–Kier alpha value is -0.710. The average molecular weight is 276 g/mol. The molecule has 1 aliphatic rings. The monoisotopic (exact) mass is 275 g/mol. The van der Waals surface area contributed by atoms with Crippen LogP contribution in [0, 0.1) is 0 Å². The van der Waals surface area contributed by atoms with Crippen molar-refractivity contribution in [2.75, 3.05) is 25.9 Å². The molecular formula is C11H15Cl2N3O. The number of anilines is 1. The van der Waals surface area contributed by atoms with Crippen molar-refractivity contribution in [2.24, 2.45) is 0 Å². The lowest BCUT2D eigenvalue weighted by molar-refractivity contribution is 0.227. The van der Waals surface area contributed by atoms with Crippen molar-refractivity contribution in [2.45, 2.75) is 18.9 Å². The van der Waals surface area contributed by atoms with Crippen LogP contribution in [0.4, 0.5) is 5.82 Å². The highest BCUT2D eigenvalue weighted by molar-refractivity contribution is 6.36. The van der Waals surface area contributed by atoms with Gasteiger partial charge in [-0.1, -0.05) is 23.2 Å². The summed E-state index contributed by atoms with van der Waals surface area (Å²) in [4.78, 5) is 6.27. The van der Waals surface area contributed by atoms with E-state index in [1.54, 1.807) is 6.07 Å². The van der Waals surface area contributed by atoms with Gasteiger partial charge in [-0.3, -0.25) is 0 Å². The third-order valence-corrected chi connectivity index (χ3v) is 3.35. The molecule has 0 aliphatic heterocycles. The molecule has 0 unspecified atom stereocenters. The Balaban J connectivity index is 1.87. The molecule has 1 aliphatic carbocycles. The van der Waals surface area contributed by atoms with Crippen LogP contribution in [0.15, 0.2) is 6.07 Å². The van der Waals surface area contributed by atoms with Crippen molar-refractivity contribution >= 4 is 29.0 Å². The zero-order chi connectivity index (χ0) is 12.4. The molecule has 1 heterocycles. The number of aromatic nitrogens is 1. The summed E-state index contributed by atoms with van der Waals surface area (Å²) in [5.74, 6) is 0.583. The first-order chi connectivity index (χ1) is 8.08. The van der Waals surface area contributed by atoms with Crippen LogP contribution in [0.5, 0.6) is 5.88 Å². The van der Waals surface area contributed by atoms with Crippen molar-refractivity contribution in [1.29, 1.82) is 0 Å². The zero-order valence-electron chi connectivity index (χ0n) is 9.62. The molecule has 0 saturated heterocycles. The molecule has 0 atom stereocenters. The van der Waals surface area contributed by atoms with Crippen molar-refractivity contribution in [3.8, 4) is 5.88 Å². The van der Waals surface area contributed by atoms with Gasteiger partial charge in [0, 0.05) is 12.6 Å². The van der Waals surface area contributed by atoms with Gasteiger partial charge in [0.05, 0.1) is 5.02 Å². The van der Waals surface area contributed by atoms with Crippen LogP contribution in [-0.4, -0.2) is 36.1 Å². The maximum atomic E-state index is 5.95. The normalized spacial score (nSPS) is 15.3. The molecular weight excluding hydrogens is 261 g/mol. The molecule has 0 radical (unpaired) electrons. The van der Waals surface area contributed by atoms with Crippen LogP contribution in [0.1, 0.15) is 12.8 Å². The fraction of sp³-hybridized carbons (Fsp3) is 0.545. The number of pyridine rings is 1. The van der Waals surface area contributed by atoms with E-state index in [1.807, 2.05) is 0 Å². The van der Waals surface area contributed by atoms with Crippen LogP contribution >= 0.6 is 23.2 Å². The molecule has 0 spiro atoms. The molecule has 2 N–H and O–H groups in total. The Labute approximate surface area is 111 Å². The fourth-order valence-corrected chi connectivity index (χ4v) is 1.96. The number of ether oxygens (including phenoxy) is 1. The minimum atomic E-state index is 0.238. The van der Waals surface area contributed by atoms with E-state index in [4.69, 9.17) is 33.7 Å². The topological polar surface area (TPSA) is 51.4 Å². The van der Waals surface area contributed by atoms with Crippen LogP contribution in [-0.2, 0) is 0 Å². The van der Waals surface area contributed by atoms with Crippen molar-refractivity contribution < 1.29 is 4.74 Å². The van der Waals surface area contributed by atoms with Gasteiger partial charge in [0.2, 0.25) is 5.88 Å². The van der Waals surface area contributed by atoms with Crippen LogP contribution in [0.2, 0.25) is 10.0 Å². The van der Waals surface area contributed by atoms with Gasteiger partial charge in [0.1, 0.15) is 17.4 Å². The van der Waals surface area contributed by atoms with Gasteiger partial charge >= 0.3 is 0 Å². The standard InChI is InChI=1S/C11H15Cl2N3O/c1-16(7-2-3-7)4-5-17-11-9(13)6-8(12)10(14)15-11/h6-7H,2-5H2,1H3,(H2,14,15). The summed E-state index contributed by atoms with van der Waals surface area (Å²) in [7, 11) is 2.09. The number of nitrogens with zero attached hydrogens (tertiary/aromatic N) is 2. The maximum Gasteiger partial charge on any atom is 0.234 e. The van der Waals surface area contributed by atoms with Gasteiger partial charge in [-0.2, -0.15) is 4.98 Å². The van der Waals surface area contributed by atoms with E-state index in [0.717, 1.165) is 12.6 Å². The highest BCUT2D eigenvalue weighted by Gasteiger charge is 2.25. The summed E-state index contributed by atoms with van der Waals surface area (Å²) >= 11 is 11.7. The average Bonchev–Trinajstić information content (AvgIpc) is 3.09.